The van der Waals surface area contributed by atoms with Gasteiger partial charge in [0.25, 0.3) is 0 Å². The Hall–Kier alpha value is -1.82. The van der Waals surface area contributed by atoms with Crippen molar-refractivity contribution in [2.45, 2.75) is 53.4 Å². The van der Waals surface area contributed by atoms with Gasteiger partial charge in [-0.1, -0.05) is 60.9 Å². The summed E-state index contributed by atoms with van der Waals surface area (Å²) in [6.07, 6.45) is 7.45. The van der Waals surface area contributed by atoms with Gasteiger partial charge < -0.3 is 0 Å². The van der Waals surface area contributed by atoms with E-state index in [9.17, 15) is 0 Å². The van der Waals surface area contributed by atoms with E-state index in [4.69, 9.17) is 0 Å². The predicted octanol–water partition coefficient (Wildman–Crippen LogP) is 6.41. The molecule has 0 heteroatoms. The standard InChI is InChI=1S/C22H26/c1-5-6-7-18-13-20-16(3)12-17(4)22(21(20)14-18)19-10-8-15(2)9-11-19/h8-12,14H,5-7,13H2,1-4H3. The zero-order valence-corrected chi connectivity index (χ0v) is 14.3. The van der Waals surface area contributed by atoms with Crippen LogP contribution < -0.4 is 0 Å². The van der Waals surface area contributed by atoms with Gasteiger partial charge in [0.1, 0.15) is 0 Å². The van der Waals surface area contributed by atoms with Crippen LogP contribution >= 0.6 is 0 Å². The summed E-state index contributed by atoms with van der Waals surface area (Å²) in [4.78, 5) is 0. The lowest BCUT2D eigenvalue weighted by Gasteiger charge is -2.15. The first-order valence-corrected chi connectivity index (χ1v) is 8.49. The smallest absolute Gasteiger partial charge is 0.00550 e. The SMILES string of the molecule is CCCCC1=Cc2c(c(C)cc(C)c2-c2ccc(C)cc2)C1. The van der Waals surface area contributed by atoms with Crippen LogP contribution in [-0.2, 0) is 6.42 Å². The number of aryl methyl sites for hydroxylation is 3. The summed E-state index contributed by atoms with van der Waals surface area (Å²) >= 11 is 0. The Morgan fingerprint density at radius 3 is 2.36 bits per heavy atom. The second kappa shape index (κ2) is 6.12. The van der Waals surface area contributed by atoms with Crippen LogP contribution in [0.25, 0.3) is 17.2 Å². The van der Waals surface area contributed by atoms with E-state index < -0.39 is 0 Å². The minimum Gasteiger partial charge on any atom is -0.0654 e. The monoisotopic (exact) mass is 290 g/mol. The van der Waals surface area contributed by atoms with Gasteiger partial charge in [0.05, 0.1) is 0 Å². The van der Waals surface area contributed by atoms with Crippen molar-refractivity contribution in [3.05, 3.63) is 63.7 Å². The van der Waals surface area contributed by atoms with Crippen molar-refractivity contribution in [3.8, 4) is 11.1 Å². The Kier molecular flexibility index (Phi) is 4.20. The van der Waals surface area contributed by atoms with Crippen molar-refractivity contribution in [3.63, 3.8) is 0 Å². The largest absolute Gasteiger partial charge is 0.0654 e. The molecule has 0 bridgehead atoms. The highest BCUT2D eigenvalue weighted by molar-refractivity contribution is 5.84. The summed E-state index contributed by atoms with van der Waals surface area (Å²) < 4.78 is 0. The highest BCUT2D eigenvalue weighted by Gasteiger charge is 2.20. The van der Waals surface area contributed by atoms with E-state index in [0.29, 0.717) is 0 Å². The van der Waals surface area contributed by atoms with Crippen LogP contribution in [0, 0.1) is 20.8 Å². The Morgan fingerprint density at radius 1 is 0.955 bits per heavy atom. The Balaban J connectivity index is 2.10. The topological polar surface area (TPSA) is 0 Å². The quantitative estimate of drug-likeness (QED) is 0.610. The van der Waals surface area contributed by atoms with Crippen LogP contribution in [0.5, 0.6) is 0 Å². The fraction of sp³-hybridized carbons (Fsp3) is 0.364. The molecule has 0 heterocycles. The van der Waals surface area contributed by atoms with Gasteiger partial charge in [-0.3, -0.25) is 0 Å². The van der Waals surface area contributed by atoms with Crippen LogP contribution in [0.15, 0.2) is 35.9 Å². The summed E-state index contributed by atoms with van der Waals surface area (Å²) in [5.74, 6) is 0. The van der Waals surface area contributed by atoms with Crippen molar-refractivity contribution in [2.24, 2.45) is 0 Å². The zero-order valence-electron chi connectivity index (χ0n) is 14.3. The summed E-state index contributed by atoms with van der Waals surface area (Å²) in [5.41, 5.74) is 11.6. The minimum atomic E-state index is 1.15. The van der Waals surface area contributed by atoms with Gasteiger partial charge in [0.15, 0.2) is 0 Å². The molecule has 0 unspecified atom stereocenters. The molecule has 1 aliphatic carbocycles. The molecule has 0 atom stereocenters. The van der Waals surface area contributed by atoms with Gasteiger partial charge in [-0.05, 0) is 73.4 Å². The summed E-state index contributed by atoms with van der Waals surface area (Å²) in [6.45, 7) is 8.94. The van der Waals surface area contributed by atoms with Crippen molar-refractivity contribution >= 4 is 6.08 Å². The molecule has 0 aliphatic heterocycles. The van der Waals surface area contributed by atoms with Crippen LogP contribution in [0.3, 0.4) is 0 Å². The molecule has 0 fully saturated rings. The third-order valence-corrected chi connectivity index (χ3v) is 4.84. The molecule has 22 heavy (non-hydrogen) atoms. The van der Waals surface area contributed by atoms with Gasteiger partial charge in [-0.25, -0.2) is 0 Å². The molecule has 0 nitrogen and oxygen atoms in total. The maximum atomic E-state index is 2.47. The van der Waals surface area contributed by atoms with Gasteiger partial charge in [-0.15, -0.1) is 0 Å². The number of hydrogen-bond acceptors (Lipinski definition) is 0. The summed E-state index contributed by atoms with van der Waals surface area (Å²) in [7, 11) is 0. The van der Waals surface area contributed by atoms with Crippen LogP contribution in [-0.4, -0.2) is 0 Å². The normalized spacial score (nSPS) is 13.2. The molecule has 0 saturated heterocycles. The number of hydrogen-bond donors (Lipinski definition) is 0. The molecule has 3 rings (SSSR count). The van der Waals surface area contributed by atoms with Gasteiger partial charge >= 0.3 is 0 Å². The van der Waals surface area contributed by atoms with Gasteiger partial charge in [0, 0.05) is 0 Å². The third-order valence-electron chi connectivity index (χ3n) is 4.84. The molecular formula is C22H26. The zero-order chi connectivity index (χ0) is 15.7. The second-order valence-electron chi connectivity index (χ2n) is 6.73. The summed E-state index contributed by atoms with van der Waals surface area (Å²) in [5, 5.41) is 0. The summed E-state index contributed by atoms with van der Waals surface area (Å²) in [6, 6.07) is 11.3. The van der Waals surface area contributed by atoms with E-state index in [1.807, 2.05) is 0 Å². The Morgan fingerprint density at radius 2 is 1.68 bits per heavy atom. The lowest BCUT2D eigenvalue weighted by molar-refractivity contribution is 0.779. The van der Waals surface area contributed by atoms with E-state index in [1.54, 1.807) is 11.1 Å². The molecular weight excluding hydrogens is 264 g/mol. The minimum absolute atomic E-state index is 1.15. The van der Waals surface area contributed by atoms with Crippen molar-refractivity contribution < 1.29 is 0 Å². The molecule has 0 saturated carbocycles. The highest BCUT2D eigenvalue weighted by Crippen LogP contribution is 2.39. The third kappa shape index (κ3) is 2.75. The highest BCUT2D eigenvalue weighted by atomic mass is 14.2. The molecule has 2 aromatic rings. The van der Waals surface area contributed by atoms with Crippen LogP contribution in [0.4, 0.5) is 0 Å². The average Bonchev–Trinajstić information content (AvgIpc) is 2.91. The van der Waals surface area contributed by atoms with Crippen molar-refractivity contribution in [2.75, 3.05) is 0 Å². The molecule has 0 N–H and O–H groups in total. The molecule has 0 radical (unpaired) electrons. The molecule has 114 valence electrons. The molecule has 0 spiro atoms. The van der Waals surface area contributed by atoms with E-state index in [2.05, 4.69) is 64.1 Å². The lowest BCUT2D eigenvalue weighted by Crippen LogP contribution is -1.96. The van der Waals surface area contributed by atoms with Crippen molar-refractivity contribution in [1.29, 1.82) is 0 Å². The number of rotatable bonds is 4. The van der Waals surface area contributed by atoms with E-state index >= 15 is 0 Å². The fourth-order valence-electron chi connectivity index (χ4n) is 3.60. The van der Waals surface area contributed by atoms with E-state index in [-0.39, 0.29) is 0 Å². The Labute approximate surface area is 134 Å². The van der Waals surface area contributed by atoms with Crippen molar-refractivity contribution in [1.82, 2.24) is 0 Å². The second-order valence-corrected chi connectivity index (χ2v) is 6.73. The molecule has 0 aromatic heterocycles. The maximum absolute atomic E-state index is 2.47. The Bertz CT molecular complexity index is 715. The molecule has 2 aromatic carbocycles. The fourth-order valence-corrected chi connectivity index (χ4v) is 3.60. The first-order valence-electron chi connectivity index (χ1n) is 8.49. The van der Waals surface area contributed by atoms with E-state index in [1.165, 1.54) is 52.6 Å². The first kappa shape index (κ1) is 15.1. The maximum Gasteiger partial charge on any atom is -0.00550 e. The molecule has 0 amide bonds. The lowest BCUT2D eigenvalue weighted by atomic mass is 9.89. The molecule has 1 aliphatic rings. The first-order chi connectivity index (χ1) is 10.6. The van der Waals surface area contributed by atoms with Gasteiger partial charge in [0.2, 0.25) is 0 Å². The number of allylic oxidation sites excluding steroid dienone is 1. The van der Waals surface area contributed by atoms with E-state index in [0.717, 1.165) is 6.42 Å². The number of fused-ring (bicyclic) bond motifs is 1. The predicted molar refractivity (Wildman–Crippen MR) is 97.3 cm³/mol. The number of benzene rings is 2. The van der Waals surface area contributed by atoms with Gasteiger partial charge in [-0.2, -0.15) is 0 Å². The average molecular weight is 290 g/mol. The van der Waals surface area contributed by atoms with Crippen LogP contribution in [0.2, 0.25) is 0 Å². The number of unbranched alkanes of at least 4 members (excludes halogenated alkanes) is 1. The van der Waals surface area contributed by atoms with Crippen LogP contribution in [0.1, 0.15) is 54.0 Å².